The second kappa shape index (κ2) is 11.3. The first-order valence-electron chi connectivity index (χ1n) is 13.0. The van der Waals surface area contributed by atoms with Crippen LogP contribution in [0.2, 0.25) is 0 Å². The summed E-state index contributed by atoms with van der Waals surface area (Å²) in [4.78, 5) is 18.4. The van der Waals surface area contributed by atoms with Crippen molar-refractivity contribution >= 4 is 27.7 Å². The lowest BCUT2D eigenvalue weighted by atomic mass is 9.94. The van der Waals surface area contributed by atoms with Gasteiger partial charge in [-0.2, -0.15) is 0 Å². The van der Waals surface area contributed by atoms with Gasteiger partial charge in [-0.15, -0.1) is 0 Å². The molecule has 206 valence electrons. The van der Waals surface area contributed by atoms with Crippen molar-refractivity contribution in [2.24, 2.45) is 5.73 Å². The van der Waals surface area contributed by atoms with Gasteiger partial charge in [0.2, 0.25) is 11.8 Å². The van der Waals surface area contributed by atoms with E-state index in [2.05, 4.69) is 29.1 Å². The fraction of sp³-hybridized carbons (Fsp3) is 0.226. The minimum atomic E-state index is -0.749. The lowest BCUT2D eigenvalue weighted by Crippen LogP contribution is -2.46. The first-order valence-corrected chi connectivity index (χ1v) is 13.0. The first kappa shape index (κ1) is 27.1. The molecule has 0 bridgehead atoms. The van der Waals surface area contributed by atoms with Crippen molar-refractivity contribution in [2.45, 2.75) is 31.9 Å². The minimum absolute atomic E-state index is 0.0880. The van der Waals surface area contributed by atoms with Crippen molar-refractivity contribution in [1.29, 1.82) is 0 Å². The van der Waals surface area contributed by atoms with Gasteiger partial charge >= 0.3 is 0 Å². The SMILES string of the molecule is CC(C)(Cc1ccc(Oc2ccc(C(N)=O)cn2)cc1)NCC(O)COc1cccc2[nH]c3c(F)cccc3c12. The molecule has 40 heavy (non-hydrogen) atoms. The number of benzene rings is 3. The number of β-amino-alcohol motifs (C(OH)–C–C–N with tert-alkyl or cyclic N) is 1. The summed E-state index contributed by atoms with van der Waals surface area (Å²) in [5, 5.41) is 15.6. The van der Waals surface area contributed by atoms with Crippen LogP contribution in [0.25, 0.3) is 21.8 Å². The van der Waals surface area contributed by atoms with Gasteiger partial charge in [0.15, 0.2) is 0 Å². The van der Waals surface area contributed by atoms with Gasteiger partial charge < -0.3 is 30.6 Å². The molecule has 0 fully saturated rings. The molecule has 0 aliphatic rings. The molecule has 5 N–H and O–H groups in total. The Hall–Kier alpha value is -4.47. The van der Waals surface area contributed by atoms with Gasteiger partial charge in [-0.1, -0.05) is 30.3 Å². The monoisotopic (exact) mass is 542 g/mol. The standard InChI is InChI=1S/C31H31FN4O4/c1-31(2,15-19-9-12-22(13-10-19)40-27-14-11-20(16-34-27)30(33)38)35-17-21(37)18-39-26-8-4-7-25-28(26)23-5-3-6-24(32)29(23)36-25/h3-14,16,21,35-37H,15,17-18H2,1-2H3,(H2,33,38). The van der Waals surface area contributed by atoms with E-state index < -0.39 is 12.0 Å². The Morgan fingerprint density at radius 2 is 1.88 bits per heavy atom. The van der Waals surface area contributed by atoms with Crippen LogP contribution in [0.1, 0.15) is 29.8 Å². The number of carbonyl (C=O) groups is 1. The van der Waals surface area contributed by atoms with Crippen LogP contribution in [0, 0.1) is 5.82 Å². The fourth-order valence-electron chi connectivity index (χ4n) is 4.62. The number of aromatic amines is 1. The molecule has 0 saturated heterocycles. The molecule has 5 aromatic rings. The third kappa shape index (κ3) is 6.22. The molecule has 1 unspecified atom stereocenters. The number of ether oxygens (including phenoxy) is 2. The summed E-state index contributed by atoms with van der Waals surface area (Å²) in [5.74, 6) is 0.717. The van der Waals surface area contributed by atoms with Crippen molar-refractivity contribution in [3.8, 4) is 17.4 Å². The Balaban J connectivity index is 1.14. The highest BCUT2D eigenvalue weighted by atomic mass is 19.1. The number of amides is 1. The predicted molar refractivity (Wildman–Crippen MR) is 152 cm³/mol. The van der Waals surface area contributed by atoms with Crippen LogP contribution < -0.4 is 20.5 Å². The third-order valence-corrected chi connectivity index (χ3v) is 6.63. The van der Waals surface area contributed by atoms with Crippen molar-refractivity contribution < 1.29 is 23.8 Å². The predicted octanol–water partition coefficient (Wildman–Crippen LogP) is 5.10. The maximum atomic E-state index is 14.2. The van der Waals surface area contributed by atoms with Gasteiger partial charge in [-0.3, -0.25) is 4.79 Å². The number of nitrogens with zero attached hydrogens (tertiary/aromatic N) is 1. The number of carbonyl (C=O) groups excluding carboxylic acids is 1. The van der Waals surface area contributed by atoms with E-state index in [-0.39, 0.29) is 18.0 Å². The summed E-state index contributed by atoms with van der Waals surface area (Å²) in [6.07, 6.45) is 1.34. The maximum Gasteiger partial charge on any atom is 0.250 e. The van der Waals surface area contributed by atoms with Crippen LogP contribution in [-0.4, -0.2) is 45.8 Å². The molecular formula is C31H31FN4O4. The van der Waals surface area contributed by atoms with E-state index in [9.17, 15) is 14.3 Å². The van der Waals surface area contributed by atoms with Gasteiger partial charge in [-0.05, 0) is 62.2 Å². The molecule has 9 heteroatoms. The van der Waals surface area contributed by atoms with Crippen LogP contribution in [0.3, 0.4) is 0 Å². The second-order valence-corrected chi connectivity index (χ2v) is 10.4. The van der Waals surface area contributed by atoms with Crippen LogP contribution in [-0.2, 0) is 6.42 Å². The number of aromatic nitrogens is 2. The quantitative estimate of drug-likeness (QED) is 0.184. The van der Waals surface area contributed by atoms with Gasteiger partial charge in [0.1, 0.15) is 30.0 Å². The second-order valence-electron chi connectivity index (χ2n) is 10.4. The van der Waals surface area contributed by atoms with Gasteiger partial charge in [0.25, 0.3) is 0 Å². The zero-order valence-corrected chi connectivity index (χ0v) is 22.3. The minimum Gasteiger partial charge on any atom is -0.490 e. The van der Waals surface area contributed by atoms with E-state index in [4.69, 9.17) is 15.2 Å². The Morgan fingerprint density at radius 3 is 2.60 bits per heavy atom. The molecule has 1 amide bonds. The Kier molecular flexibility index (Phi) is 7.68. The Bertz CT molecular complexity index is 1630. The van der Waals surface area contributed by atoms with Crippen molar-refractivity contribution in [1.82, 2.24) is 15.3 Å². The molecule has 2 heterocycles. The van der Waals surface area contributed by atoms with Crippen LogP contribution in [0.4, 0.5) is 4.39 Å². The average Bonchev–Trinajstić information content (AvgIpc) is 3.33. The number of nitrogens with one attached hydrogen (secondary N) is 2. The molecule has 0 spiro atoms. The van der Waals surface area contributed by atoms with E-state index in [0.29, 0.717) is 41.4 Å². The number of nitrogens with two attached hydrogens (primary N) is 1. The number of hydrogen-bond donors (Lipinski definition) is 4. The summed E-state index contributed by atoms with van der Waals surface area (Å²) in [7, 11) is 0. The van der Waals surface area contributed by atoms with Crippen LogP contribution in [0.15, 0.2) is 79.0 Å². The van der Waals surface area contributed by atoms with E-state index >= 15 is 0 Å². The lowest BCUT2D eigenvalue weighted by Gasteiger charge is -2.28. The number of pyridine rings is 1. The molecule has 1 atom stereocenters. The van der Waals surface area contributed by atoms with Crippen molar-refractivity contribution in [3.05, 3.63) is 95.9 Å². The number of aliphatic hydroxyl groups is 1. The molecule has 8 nitrogen and oxygen atoms in total. The van der Waals surface area contributed by atoms with Gasteiger partial charge in [0.05, 0.1) is 16.6 Å². The smallest absolute Gasteiger partial charge is 0.250 e. The van der Waals surface area contributed by atoms with Crippen LogP contribution in [0.5, 0.6) is 17.4 Å². The lowest BCUT2D eigenvalue weighted by molar-refractivity contribution is 0.0995. The molecule has 2 aromatic heterocycles. The average molecular weight is 543 g/mol. The van der Waals surface area contributed by atoms with Crippen molar-refractivity contribution in [2.75, 3.05) is 13.2 Å². The summed E-state index contributed by atoms with van der Waals surface area (Å²) in [5.41, 5.74) is 7.56. The largest absolute Gasteiger partial charge is 0.490 e. The van der Waals surface area contributed by atoms with Crippen molar-refractivity contribution in [3.63, 3.8) is 0 Å². The molecule has 0 saturated carbocycles. The number of H-pyrrole nitrogens is 1. The van der Waals surface area contributed by atoms with E-state index in [0.717, 1.165) is 21.9 Å². The highest BCUT2D eigenvalue weighted by Crippen LogP contribution is 2.34. The summed E-state index contributed by atoms with van der Waals surface area (Å²) in [6.45, 7) is 4.55. The number of aliphatic hydroxyl groups excluding tert-OH is 1. The Labute approximate surface area is 230 Å². The number of hydrogen-bond acceptors (Lipinski definition) is 6. The number of halogens is 1. The summed E-state index contributed by atoms with van der Waals surface area (Å²) in [6, 6.07) is 21.3. The normalized spacial score (nSPS) is 12.5. The molecular weight excluding hydrogens is 511 g/mol. The number of fused-ring (bicyclic) bond motifs is 3. The van der Waals surface area contributed by atoms with Gasteiger partial charge in [0, 0.05) is 35.1 Å². The fourth-order valence-corrected chi connectivity index (χ4v) is 4.62. The molecule has 3 aromatic carbocycles. The van der Waals surface area contributed by atoms with Crippen LogP contribution >= 0.6 is 0 Å². The van der Waals surface area contributed by atoms with E-state index in [1.807, 2.05) is 48.5 Å². The number of para-hydroxylation sites is 1. The zero-order valence-electron chi connectivity index (χ0n) is 22.3. The summed E-state index contributed by atoms with van der Waals surface area (Å²) < 4.78 is 26.0. The maximum absolute atomic E-state index is 14.2. The summed E-state index contributed by atoms with van der Waals surface area (Å²) >= 11 is 0. The molecule has 5 rings (SSSR count). The van der Waals surface area contributed by atoms with E-state index in [1.165, 1.54) is 12.3 Å². The Morgan fingerprint density at radius 1 is 1.10 bits per heavy atom. The molecule has 0 aliphatic carbocycles. The zero-order chi connectivity index (χ0) is 28.3. The molecule has 0 aliphatic heterocycles. The first-order chi connectivity index (χ1) is 19.2. The topological polar surface area (TPSA) is 122 Å². The number of rotatable bonds is 11. The molecule has 0 radical (unpaired) electrons. The third-order valence-electron chi connectivity index (χ3n) is 6.63. The highest BCUT2D eigenvalue weighted by Gasteiger charge is 2.20. The van der Waals surface area contributed by atoms with E-state index in [1.54, 1.807) is 18.2 Å². The van der Waals surface area contributed by atoms with Gasteiger partial charge in [-0.25, -0.2) is 9.37 Å². The number of primary amides is 1. The highest BCUT2D eigenvalue weighted by molar-refractivity contribution is 6.10.